The Labute approximate surface area is 106 Å². The van der Waals surface area contributed by atoms with E-state index in [4.69, 9.17) is 11.6 Å². The number of carbonyl (C=O) groups is 1. The third-order valence-electron chi connectivity index (χ3n) is 2.29. The van der Waals surface area contributed by atoms with Crippen LogP contribution in [0.4, 0.5) is 0 Å². The Bertz CT molecular complexity index is 335. The first-order chi connectivity index (χ1) is 7.67. The lowest BCUT2D eigenvalue weighted by Crippen LogP contribution is -2.31. The zero-order chi connectivity index (χ0) is 12.0. The van der Waals surface area contributed by atoms with E-state index in [1.54, 1.807) is 11.8 Å². The van der Waals surface area contributed by atoms with Crippen molar-refractivity contribution >= 4 is 29.3 Å². The smallest absolute Gasteiger partial charge is 0.232 e. The van der Waals surface area contributed by atoms with Crippen LogP contribution in [0.5, 0.6) is 0 Å². The fourth-order valence-electron chi connectivity index (χ4n) is 1.34. The SMILES string of the molecule is CCN(CC)C(=O)CSc1ccc(Cl)cc1. The number of hydrogen-bond acceptors (Lipinski definition) is 2. The van der Waals surface area contributed by atoms with Crippen molar-refractivity contribution in [2.24, 2.45) is 0 Å². The number of thioether (sulfide) groups is 1. The summed E-state index contributed by atoms with van der Waals surface area (Å²) in [5.74, 6) is 0.675. The van der Waals surface area contributed by atoms with Crippen LogP contribution >= 0.6 is 23.4 Å². The van der Waals surface area contributed by atoms with E-state index in [9.17, 15) is 4.79 Å². The second-order valence-electron chi connectivity index (χ2n) is 3.31. The van der Waals surface area contributed by atoms with Crippen LogP contribution in [0.1, 0.15) is 13.8 Å². The zero-order valence-electron chi connectivity index (χ0n) is 9.57. The Morgan fingerprint density at radius 2 is 1.81 bits per heavy atom. The highest BCUT2D eigenvalue weighted by molar-refractivity contribution is 8.00. The second kappa shape index (κ2) is 6.81. The molecule has 0 aliphatic carbocycles. The topological polar surface area (TPSA) is 20.3 Å². The largest absolute Gasteiger partial charge is 0.343 e. The molecule has 0 aliphatic heterocycles. The number of hydrogen-bond donors (Lipinski definition) is 0. The Morgan fingerprint density at radius 3 is 2.31 bits per heavy atom. The van der Waals surface area contributed by atoms with Gasteiger partial charge in [0.2, 0.25) is 5.91 Å². The van der Waals surface area contributed by atoms with E-state index in [1.165, 1.54) is 0 Å². The average molecular weight is 258 g/mol. The van der Waals surface area contributed by atoms with E-state index in [1.807, 2.05) is 43.0 Å². The van der Waals surface area contributed by atoms with Crippen LogP contribution in [0.2, 0.25) is 5.02 Å². The van der Waals surface area contributed by atoms with Crippen LogP contribution in [0.15, 0.2) is 29.2 Å². The molecule has 0 heterocycles. The molecule has 0 fully saturated rings. The van der Waals surface area contributed by atoms with Crippen molar-refractivity contribution in [2.45, 2.75) is 18.7 Å². The lowest BCUT2D eigenvalue weighted by molar-refractivity contribution is -0.127. The summed E-state index contributed by atoms with van der Waals surface area (Å²) in [7, 11) is 0. The summed E-state index contributed by atoms with van der Waals surface area (Å²) in [6, 6.07) is 7.54. The van der Waals surface area contributed by atoms with Gasteiger partial charge in [-0.25, -0.2) is 0 Å². The van der Waals surface area contributed by atoms with Gasteiger partial charge in [-0.15, -0.1) is 11.8 Å². The highest BCUT2D eigenvalue weighted by Gasteiger charge is 2.09. The van der Waals surface area contributed by atoms with Crippen LogP contribution in [0.25, 0.3) is 0 Å². The van der Waals surface area contributed by atoms with Gasteiger partial charge in [0, 0.05) is 23.0 Å². The molecule has 88 valence electrons. The van der Waals surface area contributed by atoms with E-state index in [2.05, 4.69) is 0 Å². The molecule has 1 aromatic rings. The number of rotatable bonds is 5. The maximum Gasteiger partial charge on any atom is 0.232 e. The van der Waals surface area contributed by atoms with E-state index in [-0.39, 0.29) is 5.91 Å². The number of benzene rings is 1. The van der Waals surface area contributed by atoms with Crippen molar-refractivity contribution < 1.29 is 4.79 Å². The maximum absolute atomic E-state index is 11.7. The lowest BCUT2D eigenvalue weighted by Gasteiger charge is -2.18. The fraction of sp³-hybridized carbons (Fsp3) is 0.417. The summed E-state index contributed by atoms with van der Waals surface area (Å²) in [6.45, 7) is 5.54. The molecule has 0 saturated heterocycles. The molecule has 1 aromatic carbocycles. The van der Waals surface area contributed by atoms with Gasteiger partial charge in [0.1, 0.15) is 0 Å². The summed E-state index contributed by atoms with van der Waals surface area (Å²) >= 11 is 7.33. The first-order valence-electron chi connectivity index (χ1n) is 5.33. The van der Waals surface area contributed by atoms with Crippen LogP contribution < -0.4 is 0 Å². The Balaban J connectivity index is 2.45. The third kappa shape index (κ3) is 4.06. The van der Waals surface area contributed by atoms with Gasteiger partial charge in [0.05, 0.1) is 5.75 Å². The molecule has 0 spiro atoms. The minimum absolute atomic E-state index is 0.185. The van der Waals surface area contributed by atoms with Crippen molar-refractivity contribution in [1.29, 1.82) is 0 Å². The minimum Gasteiger partial charge on any atom is -0.343 e. The Hall–Kier alpha value is -0.670. The summed E-state index contributed by atoms with van der Waals surface area (Å²) in [4.78, 5) is 14.6. The second-order valence-corrected chi connectivity index (χ2v) is 4.79. The van der Waals surface area contributed by atoms with Crippen molar-refractivity contribution in [3.63, 3.8) is 0 Å². The molecule has 4 heteroatoms. The van der Waals surface area contributed by atoms with Crippen molar-refractivity contribution in [2.75, 3.05) is 18.8 Å². The van der Waals surface area contributed by atoms with E-state index < -0.39 is 0 Å². The summed E-state index contributed by atoms with van der Waals surface area (Å²) in [6.07, 6.45) is 0. The van der Waals surface area contributed by atoms with Crippen molar-refractivity contribution in [3.05, 3.63) is 29.3 Å². The highest BCUT2D eigenvalue weighted by atomic mass is 35.5. The first kappa shape index (κ1) is 13.4. The van der Waals surface area contributed by atoms with Gasteiger partial charge in [0.15, 0.2) is 0 Å². The van der Waals surface area contributed by atoms with Crippen LogP contribution in [0, 0.1) is 0 Å². The molecule has 0 radical (unpaired) electrons. The highest BCUT2D eigenvalue weighted by Crippen LogP contribution is 2.20. The predicted octanol–water partition coefficient (Wildman–Crippen LogP) is 3.30. The van der Waals surface area contributed by atoms with Crippen molar-refractivity contribution in [1.82, 2.24) is 4.90 Å². The molecule has 0 aliphatic rings. The number of nitrogens with zero attached hydrogens (tertiary/aromatic N) is 1. The molecule has 2 nitrogen and oxygen atoms in total. The molecule has 0 atom stereocenters. The van der Waals surface area contributed by atoms with Crippen LogP contribution in [-0.4, -0.2) is 29.6 Å². The first-order valence-corrected chi connectivity index (χ1v) is 6.69. The molecule has 0 saturated carbocycles. The molecule has 16 heavy (non-hydrogen) atoms. The quantitative estimate of drug-likeness (QED) is 0.755. The molecule has 0 aromatic heterocycles. The van der Waals surface area contributed by atoms with Gasteiger partial charge in [-0.1, -0.05) is 11.6 Å². The number of halogens is 1. The average Bonchev–Trinajstić information content (AvgIpc) is 2.30. The third-order valence-corrected chi connectivity index (χ3v) is 3.54. The molecule has 0 N–H and O–H groups in total. The van der Waals surface area contributed by atoms with Crippen LogP contribution in [-0.2, 0) is 4.79 Å². The minimum atomic E-state index is 0.185. The Kier molecular flexibility index (Phi) is 5.71. The van der Waals surface area contributed by atoms with E-state index in [0.717, 1.165) is 23.0 Å². The van der Waals surface area contributed by atoms with E-state index >= 15 is 0 Å². The van der Waals surface area contributed by atoms with Gasteiger partial charge in [-0.2, -0.15) is 0 Å². The molecule has 0 unspecified atom stereocenters. The monoisotopic (exact) mass is 257 g/mol. The number of carbonyl (C=O) groups excluding carboxylic acids is 1. The van der Waals surface area contributed by atoms with Crippen LogP contribution in [0.3, 0.4) is 0 Å². The van der Waals surface area contributed by atoms with Gasteiger partial charge >= 0.3 is 0 Å². The fourth-order valence-corrected chi connectivity index (χ4v) is 2.27. The predicted molar refractivity (Wildman–Crippen MR) is 70.1 cm³/mol. The number of amides is 1. The summed E-state index contributed by atoms with van der Waals surface area (Å²) in [5, 5.41) is 0.722. The van der Waals surface area contributed by atoms with Gasteiger partial charge in [0.25, 0.3) is 0 Å². The summed E-state index contributed by atoms with van der Waals surface area (Å²) in [5.41, 5.74) is 0. The van der Waals surface area contributed by atoms with Gasteiger partial charge < -0.3 is 4.90 Å². The normalized spacial score (nSPS) is 10.2. The van der Waals surface area contributed by atoms with Gasteiger partial charge in [-0.05, 0) is 38.1 Å². The maximum atomic E-state index is 11.7. The van der Waals surface area contributed by atoms with Gasteiger partial charge in [-0.3, -0.25) is 4.79 Å². The zero-order valence-corrected chi connectivity index (χ0v) is 11.1. The molecule has 1 amide bonds. The molecular formula is C12H16ClNOS. The molecule has 1 rings (SSSR count). The lowest BCUT2D eigenvalue weighted by atomic mass is 10.4. The standard InChI is InChI=1S/C12H16ClNOS/c1-3-14(4-2)12(15)9-16-11-7-5-10(13)6-8-11/h5-8H,3-4,9H2,1-2H3. The molecule has 0 bridgehead atoms. The van der Waals surface area contributed by atoms with Crippen molar-refractivity contribution in [3.8, 4) is 0 Å². The summed E-state index contributed by atoms with van der Waals surface area (Å²) < 4.78 is 0. The Morgan fingerprint density at radius 1 is 1.25 bits per heavy atom. The van der Waals surface area contributed by atoms with E-state index in [0.29, 0.717) is 5.75 Å². The molecular weight excluding hydrogens is 242 g/mol.